The summed E-state index contributed by atoms with van der Waals surface area (Å²) in [5, 5.41) is 0. The van der Waals surface area contributed by atoms with Crippen LogP contribution in [0, 0.1) is 6.92 Å². The fraction of sp³-hybridized carbons (Fsp3) is 0.542. The number of rotatable bonds is 6. The highest BCUT2D eigenvalue weighted by Gasteiger charge is 2.28. The molecule has 1 fully saturated rings. The van der Waals surface area contributed by atoms with Gasteiger partial charge in [0.25, 0.3) is 5.91 Å². The van der Waals surface area contributed by atoms with Crippen LogP contribution in [0.3, 0.4) is 0 Å². The fourth-order valence-electron chi connectivity index (χ4n) is 4.77. The Morgan fingerprint density at radius 2 is 1.71 bits per heavy atom. The van der Waals surface area contributed by atoms with Gasteiger partial charge in [-0.3, -0.25) is 4.79 Å². The smallest absolute Gasteiger partial charge is 0.251 e. The summed E-state index contributed by atoms with van der Waals surface area (Å²) in [5.41, 5.74) is 11.2. The molecule has 1 saturated carbocycles. The maximum Gasteiger partial charge on any atom is 0.251 e. The molecule has 0 spiro atoms. The quantitative estimate of drug-likeness (QED) is 0.514. The third-order valence-corrected chi connectivity index (χ3v) is 6.67. The molecule has 1 amide bonds. The van der Waals surface area contributed by atoms with Crippen molar-refractivity contribution in [2.75, 3.05) is 0 Å². The number of amides is 1. The standard InChI is InChI=1S/C24H33BrN2O/c1-3-4-12-21-23(18-13-15-19(25)16-14-18)22(24(26)28)17(2)27(21)20-10-8-6-5-7-9-11-20/h13-16,20H,3-12H2,1-2H3,(H2,26,28). The lowest BCUT2D eigenvalue weighted by molar-refractivity contribution is 0.1000. The summed E-state index contributed by atoms with van der Waals surface area (Å²) in [4.78, 5) is 12.5. The van der Waals surface area contributed by atoms with Gasteiger partial charge in [-0.1, -0.05) is 73.5 Å². The minimum absolute atomic E-state index is 0.308. The number of hydrogen-bond acceptors (Lipinski definition) is 1. The number of unbranched alkanes of at least 4 members (excludes halogenated alkanes) is 1. The lowest BCUT2D eigenvalue weighted by atomic mass is 9.95. The summed E-state index contributed by atoms with van der Waals surface area (Å²) in [6, 6.07) is 8.78. The monoisotopic (exact) mass is 444 g/mol. The van der Waals surface area contributed by atoms with Crippen molar-refractivity contribution in [2.24, 2.45) is 5.73 Å². The molecule has 2 aromatic rings. The number of primary amides is 1. The zero-order chi connectivity index (χ0) is 20.1. The topological polar surface area (TPSA) is 48.0 Å². The SMILES string of the molecule is CCCCc1c(-c2ccc(Br)cc2)c(C(N)=O)c(C)n1C1CCCCCCC1. The number of nitrogens with two attached hydrogens (primary N) is 1. The number of benzene rings is 1. The van der Waals surface area contributed by atoms with Crippen molar-refractivity contribution in [1.82, 2.24) is 4.57 Å². The average molecular weight is 445 g/mol. The van der Waals surface area contributed by atoms with E-state index in [-0.39, 0.29) is 5.91 Å². The van der Waals surface area contributed by atoms with Crippen molar-refractivity contribution >= 4 is 21.8 Å². The number of carbonyl (C=O) groups excluding carboxylic acids is 1. The van der Waals surface area contributed by atoms with E-state index in [1.807, 2.05) is 12.1 Å². The molecule has 3 rings (SSSR count). The molecule has 2 N–H and O–H groups in total. The molecule has 0 saturated heterocycles. The second-order valence-corrected chi connectivity index (χ2v) is 9.04. The Labute approximate surface area is 177 Å². The fourth-order valence-corrected chi connectivity index (χ4v) is 5.04. The largest absolute Gasteiger partial charge is 0.366 e. The molecule has 4 heteroatoms. The first-order valence-corrected chi connectivity index (χ1v) is 11.6. The van der Waals surface area contributed by atoms with E-state index in [0.717, 1.165) is 46.1 Å². The van der Waals surface area contributed by atoms with E-state index in [0.29, 0.717) is 6.04 Å². The molecule has 0 radical (unpaired) electrons. The van der Waals surface area contributed by atoms with E-state index >= 15 is 0 Å². The number of nitrogens with zero attached hydrogens (tertiary/aromatic N) is 1. The van der Waals surface area contributed by atoms with E-state index in [2.05, 4.69) is 46.5 Å². The van der Waals surface area contributed by atoms with Crippen LogP contribution >= 0.6 is 15.9 Å². The number of halogens is 1. The molecule has 0 unspecified atom stereocenters. The number of aromatic nitrogens is 1. The molecule has 0 aliphatic heterocycles. The zero-order valence-electron chi connectivity index (χ0n) is 17.3. The second kappa shape index (κ2) is 9.78. The van der Waals surface area contributed by atoms with Crippen LogP contribution in [0.2, 0.25) is 0 Å². The summed E-state index contributed by atoms with van der Waals surface area (Å²) in [6.45, 7) is 4.32. The Hall–Kier alpha value is -1.55. The number of hydrogen-bond donors (Lipinski definition) is 1. The first-order chi connectivity index (χ1) is 13.5. The van der Waals surface area contributed by atoms with Gasteiger partial charge in [-0.25, -0.2) is 0 Å². The van der Waals surface area contributed by atoms with Gasteiger partial charge < -0.3 is 10.3 Å². The lowest BCUT2D eigenvalue weighted by Crippen LogP contribution is -2.17. The van der Waals surface area contributed by atoms with Crippen molar-refractivity contribution < 1.29 is 4.79 Å². The predicted octanol–water partition coefficient (Wildman–Crippen LogP) is 6.95. The minimum Gasteiger partial charge on any atom is -0.366 e. The van der Waals surface area contributed by atoms with Gasteiger partial charge in [0.05, 0.1) is 5.56 Å². The Kier molecular flexibility index (Phi) is 7.39. The molecule has 1 aliphatic carbocycles. The van der Waals surface area contributed by atoms with E-state index in [1.54, 1.807) is 0 Å². The molecule has 1 aliphatic rings. The van der Waals surface area contributed by atoms with Crippen LogP contribution in [0.15, 0.2) is 28.7 Å². The summed E-state index contributed by atoms with van der Waals surface area (Å²) in [7, 11) is 0. The van der Waals surface area contributed by atoms with Crippen molar-refractivity contribution in [2.45, 2.75) is 84.1 Å². The van der Waals surface area contributed by atoms with E-state index < -0.39 is 0 Å². The van der Waals surface area contributed by atoms with Gasteiger partial charge in [0, 0.05) is 27.5 Å². The number of carbonyl (C=O) groups is 1. The highest BCUT2D eigenvalue weighted by Crippen LogP contribution is 2.39. The van der Waals surface area contributed by atoms with Crippen molar-refractivity contribution in [3.8, 4) is 11.1 Å². The lowest BCUT2D eigenvalue weighted by Gasteiger charge is -2.26. The van der Waals surface area contributed by atoms with E-state index in [4.69, 9.17) is 5.73 Å². The Balaban J connectivity index is 2.18. The van der Waals surface area contributed by atoms with Gasteiger partial charge in [0.15, 0.2) is 0 Å². The average Bonchev–Trinajstić information content (AvgIpc) is 2.93. The highest BCUT2D eigenvalue weighted by atomic mass is 79.9. The van der Waals surface area contributed by atoms with Crippen LogP contribution in [0.4, 0.5) is 0 Å². The van der Waals surface area contributed by atoms with Crippen LogP contribution < -0.4 is 5.73 Å². The summed E-state index contributed by atoms with van der Waals surface area (Å²) in [6.07, 6.45) is 12.2. The van der Waals surface area contributed by atoms with Gasteiger partial charge in [-0.15, -0.1) is 0 Å². The predicted molar refractivity (Wildman–Crippen MR) is 121 cm³/mol. The van der Waals surface area contributed by atoms with Crippen molar-refractivity contribution in [3.63, 3.8) is 0 Å². The Morgan fingerprint density at radius 3 is 2.29 bits per heavy atom. The maximum atomic E-state index is 12.5. The molecule has 1 aromatic heterocycles. The molecule has 0 atom stereocenters. The molecule has 152 valence electrons. The third-order valence-electron chi connectivity index (χ3n) is 6.14. The van der Waals surface area contributed by atoms with E-state index in [1.165, 1.54) is 50.6 Å². The molecular formula is C24H33BrN2O. The van der Waals surface area contributed by atoms with Crippen LogP contribution in [-0.4, -0.2) is 10.5 Å². The Morgan fingerprint density at radius 1 is 1.11 bits per heavy atom. The molecule has 28 heavy (non-hydrogen) atoms. The minimum atomic E-state index is -0.308. The van der Waals surface area contributed by atoms with Crippen LogP contribution in [-0.2, 0) is 6.42 Å². The molecule has 3 nitrogen and oxygen atoms in total. The molecular weight excluding hydrogens is 412 g/mol. The van der Waals surface area contributed by atoms with Gasteiger partial charge in [0.1, 0.15) is 0 Å². The third kappa shape index (κ3) is 4.53. The maximum absolute atomic E-state index is 12.5. The van der Waals surface area contributed by atoms with Crippen molar-refractivity contribution in [1.29, 1.82) is 0 Å². The van der Waals surface area contributed by atoms with Crippen LogP contribution in [0.25, 0.3) is 11.1 Å². The molecule has 1 aromatic carbocycles. The van der Waals surface area contributed by atoms with Gasteiger partial charge in [0.2, 0.25) is 0 Å². The van der Waals surface area contributed by atoms with Crippen LogP contribution in [0.5, 0.6) is 0 Å². The summed E-state index contributed by atoms with van der Waals surface area (Å²) in [5.74, 6) is -0.308. The zero-order valence-corrected chi connectivity index (χ0v) is 18.9. The van der Waals surface area contributed by atoms with Crippen molar-refractivity contribution in [3.05, 3.63) is 45.7 Å². The highest BCUT2D eigenvalue weighted by molar-refractivity contribution is 9.10. The summed E-state index contributed by atoms with van der Waals surface area (Å²) < 4.78 is 3.54. The Bertz CT molecular complexity index is 799. The normalized spacial score (nSPS) is 16.0. The van der Waals surface area contributed by atoms with Gasteiger partial charge >= 0.3 is 0 Å². The molecule has 1 heterocycles. The second-order valence-electron chi connectivity index (χ2n) is 8.13. The first kappa shape index (κ1) is 21.2. The van der Waals surface area contributed by atoms with Gasteiger partial charge in [-0.05, 0) is 50.3 Å². The summed E-state index contributed by atoms with van der Waals surface area (Å²) >= 11 is 3.53. The molecule has 0 bridgehead atoms. The van der Waals surface area contributed by atoms with Crippen LogP contribution in [0.1, 0.15) is 92.5 Å². The van der Waals surface area contributed by atoms with E-state index in [9.17, 15) is 4.79 Å². The van der Waals surface area contributed by atoms with Gasteiger partial charge in [-0.2, -0.15) is 0 Å². The first-order valence-electron chi connectivity index (χ1n) is 10.8.